The highest BCUT2D eigenvalue weighted by atomic mass is 35.5. The Bertz CT molecular complexity index is 776. The van der Waals surface area contributed by atoms with Crippen LogP contribution in [0.25, 0.3) is 0 Å². The van der Waals surface area contributed by atoms with E-state index in [2.05, 4.69) is 15.8 Å². The number of carbonyl (C=O) groups excluding carboxylic acids is 2. The molecule has 136 valence electrons. The lowest BCUT2D eigenvalue weighted by Crippen LogP contribution is -2.28. The Kier molecular flexibility index (Phi) is 7.32. The number of carbonyl (C=O) groups is 2. The zero-order valence-corrected chi connectivity index (χ0v) is 15.3. The van der Waals surface area contributed by atoms with Gasteiger partial charge in [0.15, 0.2) is 6.10 Å². The third kappa shape index (κ3) is 5.98. The number of hydrogen-bond acceptors (Lipinski definition) is 4. The summed E-state index contributed by atoms with van der Waals surface area (Å²) in [4.78, 5) is 24.2. The quantitative estimate of drug-likeness (QED) is 0.575. The van der Waals surface area contributed by atoms with Gasteiger partial charge in [-0.25, -0.2) is 5.43 Å². The molecule has 0 aromatic heterocycles. The molecule has 0 radical (unpaired) electrons. The van der Waals surface area contributed by atoms with Gasteiger partial charge in [-0.1, -0.05) is 41.9 Å². The molecule has 26 heavy (non-hydrogen) atoms. The van der Waals surface area contributed by atoms with Crippen LogP contribution >= 0.6 is 11.6 Å². The van der Waals surface area contributed by atoms with Crippen LogP contribution in [0.4, 0.5) is 5.69 Å². The van der Waals surface area contributed by atoms with Gasteiger partial charge in [-0.3, -0.25) is 9.59 Å². The number of benzene rings is 2. The number of amides is 2. The van der Waals surface area contributed by atoms with Gasteiger partial charge < -0.3 is 10.1 Å². The maximum absolute atomic E-state index is 12.2. The molecule has 0 saturated heterocycles. The van der Waals surface area contributed by atoms with Gasteiger partial charge in [0.05, 0.1) is 6.42 Å². The zero-order chi connectivity index (χ0) is 18.9. The van der Waals surface area contributed by atoms with Crippen molar-refractivity contribution < 1.29 is 14.3 Å². The second-order valence-corrected chi connectivity index (χ2v) is 6.02. The van der Waals surface area contributed by atoms with Crippen molar-refractivity contribution in [3.05, 3.63) is 65.2 Å². The summed E-state index contributed by atoms with van der Waals surface area (Å²) in [6, 6.07) is 15.9. The molecule has 2 aromatic rings. The lowest BCUT2D eigenvalue weighted by Gasteiger charge is -2.14. The van der Waals surface area contributed by atoms with Crippen LogP contribution in [0, 0.1) is 0 Å². The molecule has 0 unspecified atom stereocenters. The van der Waals surface area contributed by atoms with E-state index in [1.807, 2.05) is 18.2 Å². The second-order valence-electron chi connectivity index (χ2n) is 5.58. The van der Waals surface area contributed by atoms with Crippen LogP contribution in [0.2, 0.25) is 5.02 Å². The third-order valence-electron chi connectivity index (χ3n) is 3.48. The van der Waals surface area contributed by atoms with E-state index in [9.17, 15) is 9.59 Å². The number of rotatable bonds is 7. The minimum absolute atomic E-state index is 0.0475. The summed E-state index contributed by atoms with van der Waals surface area (Å²) in [6.45, 7) is 1.66. The normalized spacial score (nSPS) is 12.3. The molecule has 0 saturated carbocycles. The van der Waals surface area contributed by atoms with Crippen molar-refractivity contribution in [2.45, 2.75) is 19.4 Å². The number of ether oxygens (including phenoxy) is 1. The van der Waals surface area contributed by atoms with Crippen molar-refractivity contribution in [3.63, 3.8) is 0 Å². The number of hydrazone groups is 1. The van der Waals surface area contributed by atoms with Crippen molar-refractivity contribution in [2.75, 3.05) is 12.4 Å². The average Bonchev–Trinajstić information content (AvgIpc) is 2.63. The van der Waals surface area contributed by atoms with Gasteiger partial charge in [-0.15, -0.1) is 0 Å². The standard InChI is InChI=1S/C19H20ClN3O3/c1-13(12-17(24)21-16-10-8-15(20)9-11-16)22-23-19(25)18(26-2)14-6-4-3-5-7-14/h3-11,18H,12H2,1-2H3,(H,21,24)(H,23,25)/b22-13-/t18-/m0/s1. The molecule has 0 aliphatic heterocycles. The van der Waals surface area contributed by atoms with Crippen LogP contribution in [0.15, 0.2) is 59.7 Å². The molecule has 1 atom stereocenters. The summed E-state index contributed by atoms with van der Waals surface area (Å²) in [6.07, 6.45) is -0.720. The van der Waals surface area contributed by atoms with Gasteiger partial charge in [0, 0.05) is 23.5 Å². The van der Waals surface area contributed by atoms with E-state index >= 15 is 0 Å². The van der Waals surface area contributed by atoms with Crippen LogP contribution < -0.4 is 10.7 Å². The van der Waals surface area contributed by atoms with E-state index in [-0.39, 0.29) is 12.3 Å². The number of hydrogen-bond donors (Lipinski definition) is 2. The van der Waals surface area contributed by atoms with Crippen molar-refractivity contribution in [1.82, 2.24) is 5.43 Å². The lowest BCUT2D eigenvalue weighted by molar-refractivity contribution is -0.131. The molecule has 0 heterocycles. The van der Waals surface area contributed by atoms with E-state index in [0.29, 0.717) is 16.4 Å². The Hall–Kier alpha value is -2.70. The van der Waals surface area contributed by atoms with Gasteiger partial charge in [-0.2, -0.15) is 5.10 Å². The Morgan fingerprint density at radius 2 is 1.77 bits per heavy atom. The van der Waals surface area contributed by atoms with Gasteiger partial charge in [0.25, 0.3) is 5.91 Å². The molecule has 0 aliphatic carbocycles. The fourth-order valence-corrected chi connectivity index (χ4v) is 2.37. The second kappa shape index (κ2) is 9.70. The Labute approximate surface area is 157 Å². The Morgan fingerprint density at radius 1 is 1.12 bits per heavy atom. The molecule has 0 aliphatic rings. The van der Waals surface area contributed by atoms with Crippen molar-refractivity contribution >= 4 is 34.8 Å². The molecular formula is C19H20ClN3O3. The van der Waals surface area contributed by atoms with E-state index in [1.165, 1.54) is 7.11 Å². The van der Waals surface area contributed by atoms with E-state index in [1.54, 1.807) is 43.3 Å². The van der Waals surface area contributed by atoms with Crippen LogP contribution in [0.3, 0.4) is 0 Å². The fraction of sp³-hybridized carbons (Fsp3) is 0.211. The summed E-state index contributed by atoms with van der Waals surface area (Å²) in [7, 11) is 1.45. The lowest BCUT2D eigenvalue weighted by atomic mass is 10.1. The number of halogens is 1. The minimum atomic E-state index is -0.768. The molecule has 7 heteroatoms. The third-order valence-corrected chi connectivity index (χ3v) is 3.73. The van der Waals surface area contributed by atoms with E-state index < -0.39 is 12.0 Å². The zero-order valence-electron chi connectivity index (χ0n) is 14.5. The van der Waals surface area contributed by atoms with Gasteiger partial charge in [0.2, 0.25) is 5.91 Å². The molecular weight excluding hydrogens is 354 g/mol. The Balaban J connectivity index is 1.89. The molecule has 2 aromatic carbocycles. The summed E-state index contributed by atoms with van der Waals surface area (Å²) in [5.41, 5.74) is 4.26. The maximum atomic E-state index is 12.2. The summed E-state index contributed by atoms with van der Waals surface area (Å²) in [5.74, 6) is -0.648. The minimum Gasteiger partial charge on any atom is -0.367 e. The number of nitrogens with zero attached hydrogens (tertiary/aromatic N) is 1. The van der Waals surface area contributed by atoms with Crippen LogP contribution in [0.5, 0.6) is 0 Å². The highest BCUT2D eigenvalue weighted by molar-refractivity contribution is 6.30. The summed E-state index contributed by atoms with van der Waals surface area (Å²) >= 11 is 5.80. The molecule has 0 fully saturated rings. The summed E-state index contributed by atoms with van der Waals surface area (Å²) in [5, 5.41) is 7.29. The smallest absolute Gasteiger partial charge is 0.273 e. The predicted octanol–water partition coefficient (Wildman–Crippen LogP) is 3.55. The number of nitrogens with one attached hydrogen (secondary N) is 2. The first-order chi connectivity index (χ1) is 12.5. The number of anilines is 1. The fourth-order valence-electron chi connectivity index (χ4n) is 2.24. The predicted molar refractivity (Wildman–Crippen MR) is 102 cm³/mol. The molecule has 0 spiro atoms. The highest BCUT2D eigenvalue weighted by Crippen LogP contribution is 2.16. The summed E-state index contributed by atoms with van der Waals surface area (Å²) < 4.78 is 5.23. The van der Waals surface area contributed by atoms with Gasteiger partial charge in [-0.05, 0) is 36.8 Å². The molecule has 2 amide bonds. The molecule has 2 rings (SSSR count). The molecule has 6 nitrogen and oxygen atoms in total. The largest absolute Gasteiger partial charge is 0.367 e. The first-order valence-corrected chi connectivity index (χ1v) is 8.33. The SMILES string of the molecule is CO[C@H](C(=O)N/N=C(/C)CC(=O)Nc1ccc(Cl)cc1)c1ccccc1. The van der Waals surface area contributed by atoms with E-state index in [0.717, 1.165) is 5.56 Å². The van der Waals surface area contributed by atoms with Crippen molar-refractivity contribution in [2.24, 2.45) is 5.10 Å². The first kappa shape index (κ1) is 19.6. The maximum Gasteiger partial charge on any atom is 0.273 e. The van der Waals surface area contributed by atoms with Gasteiger partial charge in [0.1, 0.15) is 0 Å². The van der Waals surface area contributed by atoms with E-state index in [4.69, 9.17) is 16.3 Å². The highest BCUT2D eigenvalue weighted by Gasteiger charge is 2.19. The van der Waals surface area contributed by atoms with Crippen LogP contribution in [-0.2, 0) is 14.3 Å². The van der Waals surface area contributed by atoms with Crippen molar-refractivity contribution in [3.8, 4) is 0 Å². The molecule has 2 N–H and O–H groups in total. The van der Waals surface area contributed by atoms with Crippen molar-refractivity contribution in [1.29, 1.82) is 0 Å². The van der Waals surface area contributed by atoms with Crippen LogP contribution in [0.1, 0.15) is 25.0 Å². The number of methoxy groups -OCH3 is 1. The monoisotopic (exact) mass is 373 g/mol. The average molecular weight is 374 g/mol. The Morgan fingerprint density at radius 3 is 2.38 bits per heavy atom. The first-order valence-electron chi connectivity index (χ1n) is 7.95. The van der Waals surface area contributed by atoms with Crippen LogP contribution in [-0.4, -0.2) is 24.6 Å². The van der Waals surface area contributed by atoms with Gasteiger partial charge >= 0.3 is 0 Å². The molecule has 0 bridgehead atoms. The topological polar surface area (TPSA) is 79.8 Å².